The first-order valence-corrected chi connectivity index (χ1v) is 13.2. The second-order valence-electron chi connectivity index (χ2n) is 7.47. The Balaban J connectivity index is 1.99. The minimum Gasteiger partial charge on any atom is -0.497 e. The molecule has 0 spiro atoms. The van der Waals surface area contributed by atoms with Crippen LogP contribution in [0.3, 0.4) is 0 Å². The summed E-state index contributed by atoms with van der Waals surface area (Å²) >= 11 is 6.30. The summed E-state index contributed by atoms with van der Waals surface area (Å²) in [5, 5.41) is 0.458. The number of hydrogen-bond acceptors (Lipinski definition) is 5. The van der Waals surface area contributed by atoms with Crippen molar-refractivity contribution in [2.45, 2.75) is 22.9 Å². The standard InChI is InChI=1S/C23H25ClN2O5S2/c1-25(2)32(27,28)21-12-14-22(15-13-21)33(29,30)26(17-19-6-4-5-7-23(19)24)16-18-8-10-20(31-3)11-9-18/h4-15H,16-17H2,1-3H3. The number of halogens is 1. The van der Waals surface area contributed by atoms with Crippen molar-refractivity contribution in [2.75, 3.05) is 21.2 Å². The molecule has 0 unspecified atom stereocenters. The van der Waals surface area contributed by atoms with Crippen molar-refractivity contribution in [3.63, 3.8) is 0 Å². The van der Waals surface area contributed by atoms with Crippen LogP contribution in [0.5, 0.6) is 5.75 Å². The van der Waals surface area contributed by atoms with Crippen molar-refractivity contribution in [3.05, 3.63) is 88.9 Å². The van der Waals surface area contributed by atoms with E-state index in [-0.39, 0.29) is 22.9 Å². The van der Waals surface area contributed by atoms with E-state index in [1.807, 2.05) is 0 Å². The summed E-state index contributed by atoms with van der Waals surface area (Å²) in [6, 6.07) is 19.3. The molecule has 0 heterocycles. The van der Waals surface area contributed by atoms with Crippen molar-refractivity contribution in [2.24, 2.45) is 0 Å². The number of methoxy groups -OCH3 is 1. The third-order valence-corrected chi connectivity index (χ3v) is 9.07. The summed E-state index contributed by atoms with van der Waals surface area (Å²) in [4.78, 5) is 0.0000274. The van der Waals surface area contributed by atoms with E-state index in [1.165, 1.54) is 42.7 Å². The molecule has 0 N–H and O–H groups in total. The zero-order valence-corrected chi connectivity index (χ0v) is 20.9. The van der Waals surface area contributed by atoms with Gasteiger partial charge in [0.05, 0.1) is 16.9 Å². The lowest BCUT2D eigenvalue weighted by atomic mass is 10.2. The molecule has 176 valence electrons. The summed E-state index contributed by atoms with van der Waals surface area (Å²) in [6.07, 6.45) is 0. The third-order valence-electron chi connectivity index (χ3n) is 5.06. The average molecular weight is 509 g/mol. The molecule has 3 aromatic carbocycles. The molecule has 0 aliphatic heterocycles. The maximum Gasteiger partial charge on any atom is 0.243 e. The van der Waals surface area contributed by atoms with Crippen molar-refractivity contribution in [1.82, 2.24) is 8.61 Å². The van der Waals surface area contributed by atoms with E-state index in [2.05, 4.69) is 0 Å². The third kappa shape index (κ3) is 5.74. The van der Waals surface area contributed by atoms with Gasteiger partial charge in [-0.15, -0.1) is 0 Å². The number of benzene rings is 3. The van der Waals surface area contributed by atoms with Crippen molar-refractivity contribution in [1.29, 1.82) is 0 Å². The molecule has 0 aromatic heterocycles. The zero-order chi connectivity index (χ0) is 24.2. The lowest BCUT2D eigenvalue weighted by molar-refractivity contribution is 0.399. The van der Waals surface area contributed by atoms with E-state index in [9.17, 15) is 16.8 Å². The molecule has 0 aliphatic rings. The van der Waals surface area contributed by atoms with Gasteiger partial charge in [0, 0.05) is 32.2 Å². The Morgan fingerprint density at radius 3 is 1.82 bits per heavy atom. The molecule has 10 heteroatoms. The van der Waals surface area contributed by atoms with Crippen LogP contribution in [0.2, 0.25) is 5.02 Å². The van der Waals surface area contributed by atoms with E-state index < -0.39 is 20.0 Å². The van der Waals surface area contributed by atoms with Gasteiger partial charge in [-0.3, -0.25) is 0 Å². The van der Waals surface area contributed by atoms with Gasteiger partial charge >= 0.3 is 0 Å². The number of sulfonamides is 2. The van der Waals surface area contributed by atoms with Gasteiger partial charge in [-0.2, -0.15) is 4.31 Å². The normalized spacial score (nSPS) is 12.3. The van der Waals surface area contributed by atoms with Gasteiger partial charge in [0.1, 0.15) is 5.75 Å². The topological polar surface area (TPSA) is 84.0 Å². The highest BCUT2D eigenvalue weighted by molar-refractivity contribution is 7.89. The van der Waals surface area contributed by atoms with Crippen LogP contribution in [-0.4, -0.2) is 46.7 Å². The molecular formula is C23H25ClN2O5S2. The smallest absolute Gasteiger partial charge is 0.243 e. The summed E-state index contributed by atoms with van der Waals surface area (Å²) in [5.74, 6) is 0.664. The van der Waals surface area contributed by atoms with Gasteiger partial charge in [0.2, 0.25) is 20.0 Å². The highest BCUT2D eigenvalue weighted by Crippen LogP contribution is 2.26. The summed E-state index contributed by atoms with van der Waals surface area (Å²) < 4.78 is 59.4. The van der Waals surface area contributed by atoms with E-state index in [0.717, 1.165) is 9.87 Å². The van der Waals surface area contributed by atoms with Gasteiger partial charge in [-0.05, 0) is 53.6 Å². The first kappa shape index (κ1) is 25.2. The van der Waals surface area contributed by atoms with Crippen LogP contribution in [0.15, 0.2) is 82.6 Å². The Labute approximate surface area is 200 Å². The Bertz CT molecular complexity index is 1310. The van der Waals surface area contributed by atoms with Crippen LogP contribution >= 0.6 is 11.6 Å². The zero-order valence-electron chi connectivity index (χ0n) is 18.5. The summed E-state index contributed by atoms with van der Waals surface area (Å²) in [6.45, 7) is 0.140. The molecule has 0 saturated carbocycles. The predicted molar refractivity (Wildman–Crippen MR) is 128 cm³/mol. The Morgan fingerprint density at radius 2 is 1.30 bits per heavy atom. The van der Waals surface area contributed by atoms with Gasteiger partial charge in [0.15, 0.2) is 0 Å². The largest absolute Gasteiger partial charge is 0.497 e. The molecule has 0 fully saturated rings. The molecule has 0 bridgehead atoms. The van der Waals surface area contributed by atoms with Crippen LogP contribution in [0.25, 0.3) is 0 Å². The molecule has 0 amide bonds. The highest BCUT2D eigenvalue weighted by Gasteiger charge is 2.27. The Hall–Kier alpha value is -2.43. The van der Waals surface area contributed by atoms with Crippen LogP contribution in [0, 0.1) is 0 Å². The average Bonchev–Trinajstić information content (AvgIpc) is 2.80. The molecular weight excluding hydrogens is 484 g/mol. The first-order chi connectivity index (χ1) is 15.6. The second-order valence-corrected chi connectivity index (χ2v) is 12.0. The molecule has 0 saturated heterocycles. The highest BCUT2D eigenvalue weighted by atomic mass is 35.5. The van der Waals surface area contributed by atoms with E-state index >= 15 is 0 Å². The van der Waals surface area contributed by atoms with E-state index in [4.69, 9.17) is 16.3 Å². The van der Waals surface area contributed by atoms with E-state index in [0.29, 0.717) is 16.3 Å². The fraction of sp³-hybridized carbons (Fsp3) is 0.217. The maximum atomic E-state index is 13.6. The van der Waals surface area contributed by atoms with E-state index in [1.54, 1.807) is 55.6 Å². The quantitative estimate of drug-likeness (QED) is 0.436. The molecule has 0 radical (unpaired) electrons. The first-order valence-electron chi connectivity index (χ1n) is 9.95. The van der Waals surface area contributed by atoms with Gasteiger partial charge in [-0.25, -0.2) is 21.1 Å². The van der Waals surface area contributed by atoms with Gasteiger partial charge in [0.25, 0.3) is 0 Å². The number of nitrogens with zero attached hydrogens (tertiary/aromatic N) is 2. The SMILES string of the molecule is COc1ccc(CN(Cc2ccccc2Cl)S(=O)(=O)c2ccc(S(=O)(=O)N(C)C)cc2)cc1. The molecule has 0 atom stereocenters. The fourth-order valence-corrected chi connectivity index (χ4v) is 5.62. The lowest BCUT2D eigenvalue weighted by Gasteiger charge is -2.23. The van der Waals surface area contributed by atoms with Crippen molar-refractivity contribution < 1.29 is 21.6 Å². The van der Waals surface area contributed by atoms with Gasteiger partial charge < -0.3 is 4.74 Å². The fourth-order valence-electron chi connectivity index (χ4n) is 3.12. The Kier molecular flexibility index (Phi) is 7.81. The minimum absolute atomic E-state index is 0.0132. The molecule has 3 aromatic rings. The van der Waals surface area contributed by atoms with Gasteiger partial charge in [-0.1, -0.05) is 41.9 Å². The van der Waals surface area contributed by atoms with Crippen LogP contribution in [-0.2, 0) is 33.1 Å². The van der Waals surface area contributed by atoms with Crippen molar-refractivity contribution in [3.8, 4) is 5.75 Å². The maximum absolute atomic E-state index is 13.6. The number of rotatable bonds is 9. The van der Waals surface area contributed by atoms with Crippen LogP contribution in [0.4, 0.5) is 0 Å². The second kappa shape index (κ2) is 10.2. The predicted octanol–water partition coefficient (Wildman–Crippen LogP) is 3.99. The Morgan fingerprint density at radius 1 is 0.758 bits per heavy atom. The monoisotopic (exact) mass is 508 g/mol. The van der Waals surface area contributed by atoms with Crippen molar-refractivity contribution >= 4 is 31.6 Å². The molecule has 33 heavy (non-hydrogen) atoms. The van der Waals surface area contributed by atoms with Crippen LogP contribution in [0.1, 0.15) is 11.1 Å². The van der Waals surface area contributed by atoms with Crippen LogP contribution < -0.4 is 4.74 Å². The molecule has 0 aliphatic carbocycles. The molecule has 3 rings (SSSR count). The minimum atomic E-state index is -3.98. The molecule has 7 nitrogen and oxygen atoms in total. The lowest BCUT2D eigenvalue weighted by Crippen LogP contribution is -2.30. The number of ether oxygens (including phenoxy) is 1. The summed E-state index contributed by atoms with van der Waals surface area (Å²) in [5.41, 5.74) is 1.42. The number of hydrogen-bond donors (Lipinski definition) is 0. The summed E-state index contributed by atoms with van der Waals surface area (Å²) in [7, 11) is -3.26.